The maximum Gasteiger partial charge on any atom is 0.315 e. The summed E-state index contributed by atoms with van der Waals surface area (Å²) in [7, 11) is 0. The van der Waals surface area contributed by atoms with E-state index >= 15 is 0 Å². The fourth-order valence-corrected chi connectivity index (χ4v) is 4.40. The Morgan fingerprint density at radius 1 is 0.935 bits per heavy atom. The second-order valence-electron chi connectivity index (χ2n) is 8.65. The van der Waals surface area contributed by atoms with Gasteiger partial charge in [-0.2, -0.15) is 0 Å². The number of benzene rings is 2. The van der Waals surface area contributed by atoms with Gasteiger partial charge in [-0.1, -0.05) is 60.7 Å². The highest BCUT2D eigenvalue weighted by atomic mass is 16.2. The van der Waals surface area contributed by atoms with Crippen molar-refractivity contribution in [2.24, 2.45) is 0 Å². The Bertz CT molecular complexity index is 1040. The van der Waals surface area contributed by atoms with Crippen molar-refractivity contribution in [1.82, 2.24) is 15.6 Å². The molecule has 5 rings (SSSR count). The molecular formula is C26H28N4O. The van der Waals surface area contributed by atoms with Crippen LogP contribution in [0.15, 0.2) is 72.9 Å². The molecule has 158 valence electrons. The Morgan fingerprint density at radius 2 is 1.71 bits per heavy atom. The first-order chi connectivity index (χ1) is 15.2. The van der Waals surface area contributed by atoms with Crippen LogP contribution in [0.1, 0.15) is 35.1 Å². The fourth-order valence-electron chi connectivity index (χ4n) is 4.40. The van der Waals surface area contributed by atoms with Gasteiger partial charge in [0.1, 0.15) is 5.82 Å². The molecule has 1 fully saturated rings. The molecule has 1 aliphatic heterocycles. The van der Waals surface area contributed by atoms with Gasteiger partial charge >= 0.3 is 6.03 Å². The fraction of sp³-hybridized carbons (Fsp3) is 0.308. The topological polar surface area (TPSA) is 57.3 Å². The Kier molecular flexibility index (Phi) is 5.33. The number of urea groups is 1. The van der Waals surface area contributed by atoms with Gasteiger partial charge in [0.25, 0.3) is 0 Å². The Hall–Kier alpha value is -3.34. The molecule has 1 aromatic heterocycles. The third kappa shape index (κ3) is 4.41. The summed E-state index contributed by atoms with van der Waals surface area (Å²) in [4.78, 5) is 19.3. The third-order valence-electron chi connectivity index (χ3n) is 6.54. The normalized spacial score (nSPS) is 16.3. The van der Waals surface area contributed by atoms with Gasteiger partial charge in [0.05, 0.1) is 0 Å². The number of hydrogen-bond acceptors (Lipinski definition) is 3. The second kappa shape index (κ2) is 8.42. The van der Waals surface area contributed by atoms with Gasteiger partial charge in [0, 0.05) is 37.8 Å². The van der Waals surface area contributed by atoms with Crippen molar-refractivity contribution < 1.29 is 4.79 Å². The van der Waals surface area contributed by atoms with Crippen molar-refractivity contribution in [2.45, 2.75) is 37.8 Å². The van der Waals surface area contributed by atoms with Gasteiger partial charge < -0.3 is 15.5 Å². The Labute approximate surface area is 183 Å². The maximum absolute atomic E-state index is 12.3. The summed E-state index contributed by atoms with van der Waals surface area (Å²) in [6, 6.07) is 23.1. The monoisotopic (exact) mass is 412 g/mol. The summed E-state index contributed by atoms with van der Waals surface area (Å²) >= 11 is 0. The van der Waals surface area contributed by atoms with Crippen molar-refractivity contribution in [3.63, 3.8) is 0 Å². The smallest absolute Gasteiger partial charge is 0.315 e. The quantitative estimate of drug-likeness (QED) is 0.639. The number of carbonyl (C=O) groups is 1. The lowest BCUT2D eigenvalue weighted by atomic mass is 9.96. The van der Waals surface area contributed by atoms with Crippen molar-refractivity contribution in [3.8, 4) is 0 Å². The van der Waals surface area contributed by atoms with Crippen LogP contribution in [-0.4, -0.2) is 24.1 Å². The number of fused-ring (bicyclic) bond motifs is 1. The van der Waals surface area contributed by atoms with Crippen LogP contribution < -0.4 is 15.5 Å². The molecule has 0 spiro atoms. The first kappa shape index (κ1) is 19.6. The molecule has 5 heteroatoms. The van der Waals surface area contributed by atoms with Gasteiger partial charge in [-0.15, -0.1) is 0 Å². The summed E-state index contributed by atoms with van der Waals surface area (Å²) in [6.45, 7) is 3.02. The van der Waals surface area contributed by atoms with E-state index in [1.807, 2.05) is 12.3 Å². The van der Waals surface area contributed by atoms with E-state index in [0.29, 0.717) is 13.1 Å². The van der Waals surface area contributed by atoms with Gasteiger partial charge in [-0.25, -0.2) is 9.78 Å². The van der Waals surface area contributed by atoms with E-state index in [2.05, 4.69) is 81.2 Å². The van der Waals surface area contributed by atoms with E-state index in [9.17, 15) is 4.79 Å². The van der Waals surface area contributed by atoms with Crippen LogP contribution in [-0.2, 0) is 24.9 Å². The average molecular weight is 413 g/mol. The molecule has 0 radical (unpaired) electrons. The van der Waals surface area contributed by atoms with E-state index in [1.54, 1.807) is 0 Å². The predicted octanol–water partition coefficient (Wildman–Crippen LogP) is 4.18. The third-order valence-corrected chi connectivity index (χ3v) is 6.54. The summed E-state index contributed by atoms with van der Waals surface area (Å²) in [5.74, 6) is 0.987. The molecule has 0 atom stereocenters. The van der Waals surface area contributed by atoms with E-state index in [1.165, 1.54) is 16.7 Å². The molecule has 2 amide bonds. The lowest BCUT2D eigenvalue weighted by Gasteiger charge is -2.29. The molecule has 2 heterocycles. The van der Waals surface area contributed by atoms with Crippen molar-refractivity contribution in [2.75, 3.05) is 18.0 Å². The summed E-state index contributed by atoms with van der Waals surface area (Å²) in [5.41, 5.74) is 5.25. The molecule has 2 aliphatic rings. The van der Waals surface area contributed by atoms with Crippen LogP contribution in [0.2, 0.25) is 0 Å². The highest BCUT2D eigenvalue weighted by Crippen LogP contribution is 2.47. The number of amides is 2. The standard InChI is InChI=1S/C26H28N4O/c31-25(29-19-26(13-14-26)23-8-2-1-3-9-23)28-17-20-10-11-24(27-16-20)30-15-12-21-6-4-5-7-22(21)18-30/h1-11,16H,12-15,17-19H2,(H2,28,29,31). The molecule has 3 aromatic rings. The molecule has 0 saturated heterocycles. The summed E-state index contributed by atoms with van der Waals surface area (Å²) in [5, 5.41) is 6.01. The highest BCUT2D eigenvalue weighted by Gasteiger charge is 2.44. The van der Waals surface area contributed by atoms with Crippen molar-refractivity contribution in [1.29, 1.82) is 0 Å². The zero-order valence-corrected chi connectivity index (χ0v) is 17.7. The minimum Gasteiger partial charge on any atom is -0.352 e. The zero-order valence-electron chi connectivity index (χ0n) is 17.7. The van der Waals surface area contributed by atoms with Gasteiger partial charge in [0.2, 0.25) is 0 Å². The number of aromatic nitrogens is 1. The SMILES string of the molecule is O=C(NCc1ccc(N2CCc3ccccc3C2)nc1)NCC1(c2ccccc2)CC1. The Balaban J connectivity index is 1.11. The number of pyridine rings is 1. The van der Waals surface area contributed by atoms with Crippen LogP contribution in [0.3, 0.4) is 0 Å². The lowest BCUT2D eigenvalue weighted by Crippen LogP contribution is -2.39. The van der Waals surface area contributed by atoms with Gasteiger partial charge in [-0.3, -0.25) is 0 Å². The summed E-state index contributed by atoms with van der Waals surface area (Å²) < 4.78 is 0. The molecule has 5 nitrogen and oxygen atoms in total. The van der Waals surface area contributed by atoms with Crippen LogP contribution in [0.5, 0.6) is 0 Å². The van der Waals surface area contributed by atoms with Crippen molar-refractivity contribution in [3.05, 3.63) is 95.2 Å². The number of hydrogen-bond donors (Lipinski definition) is 2. The Morgan fingerprint density at radius 3 is 2.45 bits per heavy atom. The maximum atomic E-state index is 12.3. The largest absolute Gasteiger partial charge is 0.352 e. The van der Waals surface area contributed by atoms with Gasteiger partial charge in [-0.05, 0) is 47.6 Å². The average Bonchev–Trinajstić information content (AvgIpc) is 3.63. The van der Waals surface area contributed by atoms with E-state index < -0.39 is 0 Å². The van der Waals surface area contributed by atoms with Crippen LogP contribution in [0.25, 0.3) is 0 Å². The molecule has 2 aromatic carbocycles. The van der Waals surface area contributed by atoms with Crippen LogP contribution in [0.4, 0.5) is 10.6 Å². The van der Waals surface area contributed by atoms with E-state index in [-0.39, 0.29) is 11.4 Å². The molecular weight excluding hydrogens is 384 g/mol. The number of nitrogens with zero attached hydrogens (tertiary/aromatic N) is 2. The number of nitrogens with one attached hydrogen (secondary N) is 2. The first-order valence-electron chi connectivity index (χ1n) is 11.1. The lowest BCUT2D eigenvalue weighted by molar-refractivity contribution is 0.239. The van der Waals surface area contributed by atoms with E-state index in [0.717, 1.165) is 43.7 Å². The molecule has 1 saturated carbocycles. The number of carbonyl (C=O) groups excluding carboxylic acids is 1. The first-order valence-corrected chi connectivity index (χ1v) is 11.1. The summed E-state index contributed by atoms with van der Waals surface area (Å²) in [6.07, 6.45) is 5.17. The number of rotatable bonds is 6. The van der Waals surface area contributed by atoms with Crippen molar-refractivity contribution >= 4 is 11.8 Å². The highest BCUT2D eigenvalue weighted by molar-refractivity contribution is 5.74. The molecule has 0 bridgehead atoms. The minimum atomic E-state index is -0.126. The molecule has 1 aliphatic carbocycles. The second-order valence-corrected chi connectivity index (χ2v) is 8.65. The van der Waals surface area contributed by atoms with Gasteiger partial charge in [0.15, 0.2) is 0 Å². The predicted molar refractivity (Wildman–Crippen MR) is 123 cm³/mol. The molecule has 31 heavy (non-hydrogen) atoms. The van der Waals surface area contributed by atoms with Crippen LogP contribution in [0, 0.1) is 0 Å². The molecule has 2 N–H and O–H groups in total. The number of anilines is 1. The molecule has 0 unspecified atom stereocenters. The van der Waals surface area contributed by atoms with Crippen LogP contribution >= 0.6 is 0 Å². The van der Waals surface area contributed by atoms with E-state index in [4.69, 9.17) is 0 Å². The zero-order chi connectivity index (χ0) is 21.1. The minimum absolute atomic E-state index is 0.120.